The van der Waals surface area contributed by atoms with E-state index >= 15 is 0 Å². The zero-order chi connectivity index (χ0) is 10.6. The molecule has 4 nitrogen and oxygen atoms in total. The Morgan fingerprint density at radius 2 is 2.29 bits per heavy atom. The summed E-state index contributed by atoms with van der Waals surface area (Å²) in [5.74, 6) is 0.221. The summed E-state index contributed by atoms with van der Waals surface area (Å²) < 4.78 is 0. The molecule has 0 saturated heterocycles. The minimum absolute atomic E-state index is 0.221. The standard InChI is InChI=1S/C9H15ClN4/c1-3-6(2)12-5-7-4-8(10)14-9(11)13-7/h4,6,12H,3,5H2,1-2H3,(H2,11,13,14). The molecule has 1 aromatic heterocycles. The van der Waals surface area contributed by atoms with E-state index in [1.807, 2.05) is 0 Å². The third-order valence-electron chi connectivity index (χ3n) is 2.01. The van der Waals surface area contributed by atoms with Gasteiger partial charge in [0, 0.05) is 12.6 Å². The Morgan fingerprint density at radius 1 is 1.57 bits per heavy atom. The summed E-state index contributed by atoms with van der Waals surface area (Å²) in [5.41, 5.74) is 6.29. The van der Waals surface area contributed by atoms with Crippen LogP contribution in [-0.4, -0.2) is 16.0 Å². The van der Waals surface area contributed by atoms with Crippen LogP contribution in [0.25, 0.3) is 0 Å². The molecule has 1 atom stereocenters. The molecule has 1 aromatic rings. The molecule has 0 aliphatic heterocycles. The molecule has 0 amide bonds. The van der Waals surface area contributed by atoms with Crippen LogP contribution in [0.5, 0.6) is 0 Å². The molecule has 0 bridgehead atoms. The second-order valence-corrected chi connectivity index (χ2v) is 3.62. The molecule has 5 heteroatoms. The lowest BCUT2D eigenvalue weighted by Crippen LogP contribution is -2.25. The smallest absolute Gasteiger partial charge is 0.221 e. The van der Waals surface area contributed by atoms with Crippen LogP contribution < -0.4 is 11.1 Å². The van der Waals surface area contributed by atoms with Crippen LogP contribution >= 0.6 is 11.6 Å². The van der Waals surface area contributed by atoms with E-state index in [2.05, 4.69) is 29.1 Å². The van der Waals surface area contributed by atoms with Gasteiger partial charge in [0.25, 0.3) is 0 Å². The highest BCUT2D eigenvalue weighted by molar-refractivity contribution is 6.29. The highest BCUT2D eigenvalue weighted by Crippen LogP contribution is 2.08. The predicted molar refractivity (Wildman–Crippen MR) is 58.0 cm³/mol. The minimum atomic E-state index is 0.221. The van der Waals surface area contributed by atoms with Crippen molar-refractivity contribution in [2.75, 3.05) is 5.73 Å². The fourth-order valence-corrected chi connectivity index (χ4v) is 1.21. The van der Waals surface area contributed by atoms with Gasteiger partial charge in [0.2, 0.25) is 5.95 Å². The van der Waals surface area contributed by atoms with Crippen LogP contribution in [-0.2, 0) is 6.54 Å². The second kappa shape index (κ2) is 5.12. The van der Waals surface area contributed by atoms with E-state index in [1.54, 1.807) is 6.07 Å². The molecule has 0 radical (unpaired) electrons. The quantitative estimate of drug-likeness (QED) is 0.748. The van der Waals surface area contributed by atoms with Crippen LogP contribution in [0.2, 0.25) is 5.15 Å². The first-order valence-electron chi connectivity index (χ1n) is 4.64. The van der Waals surface area contributed by atoms with Crippen LogP contribution in [0.1, 0.15) is 26.0 Å². The maximum Gasteiger partial charge on any atom is 0.221 e. The van der Waals surface area contributed by atoms with E-state index in [0.29, 0.717) is 17.7 Å². The third kappa shape index (κ3) is 3.47. The molecule has 0 fully saturated rings. The molecule has 3 N–H and O–H groups in total. The second-order valence-electron chi connectivity index (χ2n) is 3.23. The average molecular weight is 215 g/mol. The number of halogens is 1. The Labute approximate surface area is 88.9 Å². The van der Waals surface area contributed by atoms with Crippen molar-refractivity contribution < 1.29 is 0 Å². The minimum Gasteiger partial charge on any atom is -0.368 e. The number of anilines is 1. The largest absolute Gasteiger partial charge is 0.368 e. The van der Waals surface area contributed by atoms with Crippen molar-refractivity contribution in [3.63, 3.8) is 0 Å². The van der Waals surface area contributed by atoms with Gasteiger partial charge in [-0.25, -0.2) is 9.97 Å². The Bertz CT molecular complexity index is 283. The lowest BCUT2D eigenvalue weighted by Gasteiger charge is -2.10. The molecule has 0 spiro atoms. The Balaban J connectivity index is 2.58. The Hall–Kier alpha value is -0.870. The highest BCUT2D eigenvalue weighted by atomic mass is 35.5. The number of nitrogens with one attached hydrogen (secondary N) is 1. The number of hydrogen-bond acceptors (Lipinski definition) is 4. The predicted octanol–water partition coefficient (Wildman–Crippen LogP) is 1.60. The van der Waals surface area contributed by atoms with Crippen molar-refractivity contribution in [1.82, 2.24) is 15.3 Å². The van der Waals surface area contributed by atoms with Gasteiger partial charge >= 0.3 is 0 Å². The van der Waals surface area contributed by atoms with Crippen LogP contribution in [0.15, 0.2) is 6.07 Å². The molecule has 1 rings (SSSR count). The zero-order valence-electron chi connectivity index (χ0n) is 8.42. The molecule has 0 aliphatic carbocycles. The van der Waals surface area contributed by atoms with Gasteiger partial charge in [-0.15, -0.1) is 0 Å². The molecule has 14 heavy (non-hydrogen) atoms. The zero-order valence-corrected chi connectivity index (χ0v) is 9.17. The fraction of sp³-hybridized carbons (Fsp3) is 0.556. The summed E-state index contributed by atoms with van der Waals surface area (Å²) >= 11 is 5.74. The topological polar surface area (TPSA) is 63.8 Å². The highest BCUT2D eigenvalue weighted by Gasteiger charge is 2.02. The molecule has 1 heterocycles. The van der Waals surface area contributed by atoms with Gasteiger partial charge in [-0.3, -0.25) is 0 Å². The van der Waals surface area contributed by atoms with Crippen molar-refractivity contribution in [2.45, 2.75) is 32.9 Å². The lowest BCUT2D eigenvalue weighted by atomic mass is 10.2. The number of rotatable bonds is 4. The van der Waals surface area contributed by atoms with Crippen LogP contribution in [0.3, 0.4) is 0 Å². The van der Waals surface area contributed by atoms with E-state index in [9.17, 15) is 0 Å². The molecule has 0 aliphatic rings. The first kappa shape index (κ1) is 11.2. The number of nitrogens with two attached hydrogens (primary N) is 1. The van der Waals surface area contributed by atoms with Gasteiger partial charge in [0.1, 0.15) is 5.15 Å². The lowest BCUT2D eigenvalue weighted by molar-refractivity contribution is 0.529. The maximum absolute atomic E-state index is 5.74. The summed E-state index contributed by atoms with van der Waals surface area (Å²) in [6.45, 7) is 4.91. The molecular weight excluding hydrogens is 200 g/mol. The van der Waals surface area contributed by atoms with Crippen molar-refractivity contribution in [3.05, 3.63) is 16.9 Å². The summed E-state index contributed by atoms with van der Waals surface area (Å²) in [6.07, 6.45) is 1.08. The molecule has 0 saturated carbocycles. The van der Waals surface area contributed by atoms with E-state index in [4.69, 9.17) is 17.3 Å². The van der Waals surface area contributed by atoms with Gasteiger partial charge in [-0.1, -0.05) is 18.5 Å². The molecule has 1 unspecified atom stereocenters. The van der Waals surface area contributed by atoms with E-state index in [0.717, 1.165) is 12.1 Å². The number of hydrogen-bond donors (Lipinski definition) is 2. The molecule has 78 valence electrons. The van der Waals surface area contributed by atoms with Crippen LogP contribution in [0.4, 0.5) is 5.95 Å². The van der Waals surface area contributed by atoms with Crippen LogP contribution in [0, 0.1) is 0 Å². The average Bonchev–Trinajstić information content (AvgIpc) is 2.12. The normalized spacial score (nSPS) is 12.8. The Kier molecular flexibility index (Phi) is 4.10. The first-order chi connectivity index (χ1) is 6.61. The van der Waals surface area contributed by atoms with Gasteiger partial charge < -0.3 is 11.1 Å². The summed E-state index contributed by atoms with van der Waals surface area (Å²) in [6, 6.07) is 2.18. The fourth-order valence-electron chi connectivity index (χ4n) is 0.997. The van der Waals surface area contributed by atoms with E-state index in [-0.39, 0.29) is 5.95 Å². The van der Waals surface area contributed by atoms with Crippen molar-refractivity contribution in [2.24, 2.45) is 0 Å². The van der Waals surface area contributed by atoms with E-state index < -0.39 is 0 Å². The van der Waals surface area contributed by atoms with Gasteiger partial charge in [-0.2, -0.15) is 0 Å². The van der Waals surface area contributed by atoms with Crippen molar-refractivity contribution in [1.29, 1.82) is 0 Å². The SMILES string of the molecule is CCC(C)NCc1cc(Cl)nc(N)n1. The van der Waals surface area contributed by atoms with Gasteiger partial charge in [-0.05, 0) is 19.4 Å². The number of nitrogen functional groups attached to an aromatic ring is 1. The number of aromatic nitrogens is 2. The number of nitrogens with zero attached hydrogens (tertiary/aromatic N) is 2. The third-order valence-corrected chi connectivity index (χ3v) is 2.20. The van der Waals surface area contributed by atoms with Crippen molar-refractivity contribution >= 4 is 17.5 Å². The molecular formula is C9H15ClN4. The molecule has 0 aromatic carbocycles. The maximum atomic E-state index is 5.74. The van der Waals surface area contributed by atoms with Gasteiger partial charge in [0.05, 0.1) is 5.69 Å². The van der Waals surface area contributed by atoms with E-state index in [1.165, 1.54) is 0 Å². The summed E-state index contributed by atoms with van der Waals surface area (Å²) in [4.78, 5) is 7.85. The summed E-state index contributed by atoms with van der Waals surface area (Å²) in [5, 5.41) is 3.69. The van der Waals surface area contributed by atoms with Crippen molar-refractivity contribution in [3.8, 4) is 0 Å². The summed E-state index contributed by atoms with van der Waals surface area (Å²) in [7, 11) is 0. The first-order valence-corrected chi connectivity index (χ1v) is 5.02. The monoisotopic (exact) mass is 214 g/mol. The Morgan fingerprint density at radius 3 is 2.86 bits per heavy atom. The van der Waals surface area contributed by atoms with Gasteiger partial charge in [0.15, 0.2) is 0 Å².